The predicted molar refractivity (Wildman–Crippen MR) is 64.5 cm³/mol. The van der Waals surface area contributed by atoms with Crippen LogP contribution in [0.5, 0.6) is 0 Å². The van der Waals surface area contributed by atoms with Crippen molar-refractivity contribution in [1.82, 2.24) is 5.32 Å². The molecule has 0 radical (unpaired) electrons. The van der Waals surface area contributed by atoms with Crippen LogP contribution >= 0.6 is 0 Å². The maximum absolute atomic E-state index is 9.69. The molecule has 1 fully saturated rings. The van der Waals surface area contributed by atoms with Gasteiger partial charge in [-0.05, 0) is 6.92 Å². The molecule has 0 spiro atoms. The minimum atomic E-state index is -1.21. The molecule has 1 saturated heterocycles. The Kier molecular flexibility index (Phi) is 6.00. The lowest BCUT2D eigenvalue weighted by atomic mass is 9.98. The molecule has 5 unspecified atom stereocenters. The Morgan fingerprint density at radius 3 is 2.67 bits per heavy atom. The molecule has 0 saturated carbocycles. The molecular formula is C11H22N2O5. The molecule has 7 heteroatoms. The Balaban J connectivity index is 2.41. The van der Waals surface area contributed by atoms with Gasteiger partial charge in [0.1, 0.15) is 18.3 Å². The number of nitrogens with one attached hydrogen (secondary N) is 1. The van der Waals surface area contributed by atoms with Gasteiger partial charge in [-0.15, -0.1) is 0 Å². The SMILES string of the molecule is C=C(C)NCCOC1OC(CO)C(O)C(O)C1N. The predicted octanol–water partition coefficient (Wildman–Crippen LogP) is -2.11. The Morgan fingerprint density at radius 1 is 1.44 bits per heavy atom. The topological polar surface area (TPSA) is 117 Å². The van der Waals surface area contributed by atoms with Crippen LogP contribution in [-0.4, -0.2) is 65.7 Å². The second-order valence-electron chi connectivity index (χ2n) is 4.36. The summed E-state index contributed by atoms with van der Waals surface area (Å²) < 4.78 is 10.6. The zero-order valence-electron chi connectivity index (χ0n) is 10.5. The van der Waals surface area contributed by atoms with Crippen molar-refractivity contribution in [3.05, 3.63) is 12.3 Å². The van der Waals surface area contributed by atoms with Crippen LogP contribution in [0.3, 0.4) is 0 Å². The number of aliphatic hydroxyl groups excluding tert-OH is 3. The van der Waals surface area contributed by atoms with E-state index < -0.39 is 37.3 Å². The average Bonchev–Trinajstić information content (AvgIpc) is 2.34. The molecule has 6 N–H and O–H groups in total. The van der Waals surface area contributed by atoms with E-state index in [2.05, 4.69) is 11.9 Å². The van der Waals surface area contributed by atoms with Gasteiger partial charge in [-0.2, -0.15) is 0 Å². The Bertz CT molecular complexity index is 274. The van der Waals surface area contributed by atoms with Crippen LogP contribution < -0.4 is 11.1 Å². The fraction of sp³-hybridized carbons (Fsp3) is 0.818. The molecule has 1 aliphatic heterocycles. The van der Waals surface area contributed by atoms with E-state index >= 15 is 0 Å². The minimum Gasteiger partial charge on any atom is -0.394 e. The fourth-order valence-electron chi connectivity index (χ4n) is 1.69. The molecule has 1 heterocycles. The number of hydrogen-bond acceptors (Lipinski definition) is 7. The van der Waals surface area contributed by atoms with Crippen LogP contribution in [0.15, 0.2) is 12.3 Å². The van der Waals surface area contributed by atoms with Crippen molar-refractivity contribution in [2.45, 2.75) is 37.6 Å². The van der Waals surface area contributed by atoms with E-state index in [0.717, 1.165) is 5.70 Å². The maximum Gasteiger partial charge on any atom is 0.175 e. The first-order chi connectivity index (χ1) is 8.47. The van der Waals surface area contributed by atoms with Crippen LogP contribution in [0, 0.1) is 0 Å². The number of ether oxygens (including phenoxy) is 2. The number of allylic oxidation sites excluding steroid dienone is 1. The van der Waals surface area contributed by atoms with Crippen molar-refractivity contribution in [2.24, 2.45) is 5.73 Å². The van der Waals surface area contributed by atoms with Gasteiger partial charge in [-0.25, -0.2) is 0 Å². The van der Waals surface area contributed by atoms with E-state index in [-0.39, 0.29) is 0 Å². The fourth-order valence-corrected chi connectivity index (χ4v) is 1.69. The lowest BCUT2D eigenvalue weighted by Crippen LogP contribution is -2.62. The van der Waals surface area contributed by atoms with Gasteiger partial charge >= 0.3 is 0 Å². The number of aliphatic hydroxyl groups is 3. The summed E-state index contributed by atoms with van der Waals surface area (Å²) in [6.07, 6.45) is -4.14. The molecule has 0 bridgehead atoms. The third-order valence-corrected chi connectivity index (χ3v) is 2.74. The first kappa shape index (κ1) is 15.4. The second kappa shape index (κ2) is 7.03. The monoisotopic (exact) mass is 262 g/mol. The summed E-state index contributed by atoms with van der Waals surface area (Å²) in [7, 11) is 0. The van der Waals surface area contributed by atoms with E-state index in [9.17, 15) is 10.2 Å². The van der Waals surface area contributed by atoms with Crippen molar-refractivity contribution >= 4 is 0 Å². The highest BCUT2D eigenvalue weighted by atomic mass is 16.7. The molecule has 1 rings (SSSR count). The van der Waals surface area contributed by atoms with Crippen LogP contribution in [-0.2, 0) is 9.47 Å². The van der Waals surface area contributed by atoms with E-state index in [4.69, 9.17) is 20.3 Å². The highest BCUT2D eigenvalue weighted by Crippen LogP contribution is 2.20. The van der Waals surface area contributed by atoms with Gasteiger partial charge in [0.25, 0.3) is 0 Å². The summed E-state index contributed by atoms with van der Waals surface area (Å²) in [5.74, 6) is 0. The zero-order chi connectivity index (χ0) is 13.7. The Labute approximate surface area is 106 Å². The van der Waals surface area contributed by atoms with E-state index in [0.29, 0.717) is 13.2 Å². The van der Waals surface area contributed by atoms with Gasteiger partial charge in [0, 0.05) is 12.2 Å². The summed E-state index contributed by atoms with van der Waals surface area (Å²) in [5, 5.41) is 31.2. The highest BCUT2D eigenvalue weighted by molar-refractivity contribution is 4.91. The van der Waals surface area contributed by atoms with E-state index in [1.807, 2.05) is 6.92 Å². The molecule has 7 nitrogen and oxygen atoms in total. The normalized spacial score (nSPS) is 36.4. The first-order valence-corrected chi connectivity index (χ1v) is 5.86. The average molecular weight is 262 g/mol. The van der Waals surface area contributed by atoms with Gasteiger partial charge in [0.15, 0.2) is 6.29 Å². The second-order valence-corrected chi connectivity index (χ2v) is 4.36. The van der Waals surface area contributed by atoms with Gasteiger partial charge in [0.2, 0.25) is 0 Å². The van der Waals surface area contributed by atoms with E-state index in [1.54, 1.807) is 0 Å². The van der Waals surface area contributed by atoms with Crippen molar-refractivity contribution < 1.29 is 24.8 Å². The molecule has 106 valence electrons. The number of hydrogen-bond donors (Lipinski definition) is 5. The van der Waals surface area contributed by atoms with Crippen molar-refractivity contribution in [1.29, 1.82) is 0 Å². The molecule has 1 aliphatic rings. The minimum absolute atomic E-state index is 0.312. The first-order valence-electron chi connectivity index (χ1n) is 5.86. The molecule has 5 atom stereocenters. The third-order valence-electron chi connectivity index (χ3n) is 2.74. The zero-order valence-corrected chi connectivity index (χ0v) is 10.5. The van der Waals surface area contributed by atoms with Crippen molar-refractivity contribution in [3.63, 3.8) is 0 Å². The van der Waals surface area contributed by atoms with Gasteiger partial charge in [0.05, 0.1) is 19.3 Å². The third kappa shape index (κ3) is 3.91. The van der Waals surface area contributed by atoms with Gasteiger partial charge < -0.3 is 35.8 Å². The highest BCUT2D eigenvalue weighted by Gasteiger charge is 2.42. The maximum atomic E-state index is 9.69. The molecular weight excluding hydrogens is 240 g/mol. The molecule has 0 aromatic heterocycles. The summed E-state index contributed by atoms with van der Waals surface area (Å²) in [4.78, 5) is 0. The summed E-state index contributed by atoms with van der Waals surface area (Å²) in [6, 6.07) is -0.854. The molecule has 18 heavy (non-hydrogen) atoms. The van der Waals surface area contributed by atoms with Gasteiger partial charge in [-0.3, -0.25) is 0 Å². The lowest BCUT2D eigenvalue weighted by molar-refractivity contribution is -0.265. The summed E-state index contributed by atoms with van der Waals surface area (Å²) in [5.41, 5.74) is 6.51. The van der Waals surface area contributed by atoms with Crippen LogP contribution in [0.4, 0.5) is 0 Å². The molecule has 0 aromatic carbocycles. The standard InChI is InChI=1S/C11H22N2O5/c1-6(2)13-3-4-17-11-8(12)10(16)9(15)7(5-14)18-11/h7-11,13-16H,1,3-5,12H2,2H3. The number of nitrogens with two attached hydrogens (primary N) is 1. The Hall–Kier alpha value is -0.700. The summed E-state index contributed by atoms with van der Waals surface area (Å²) >= 11 is 0. The van der Waals surface area contributed by atoms with Crippen molar-refractivity contribution in [3.8, 4) is 0 Å². The lowest BCUT2D eigenvalue weighted by Gasteiger charge is -2.40. The van der Waals surface area contributed by atoms with Crippen LogP contribution in [0.25, 0.3) is 0 Å². The van der Waals surface area contributed by atoms with Crippen molar-refractivity contribution in [2.75, 3.05) is 19.8 Å². The smallest absolute Gasteiger partial charge is 0.175 e. The molecule has 0 aromatic rings. The largest absolute Gasteiger partial charge is 0.394 e. The molecule has 0 amide bonds. The number of rotatable bonds is 6. The summed E-state index contributed by atoms with van der Waals surface area (Å²) in [6.45, 7) is 5.93. The van der Waals surface area contributed by atoms with Gasteiger partial charge in [-0.1, -0.05) is 6.58 Å². The van der Waals surface area contributed by atoms with E-state index in [1.165, 1.54) is 0 Å². The van der Waals surface area contributed by atoms with Crippen LogP contribution in [0.1, 0.15) is 6.92 Å². The Morgan fingerprint density at radius 2 is 2.11 bits per heavy atom. The quantitative estimate of drug-likeness (QED) is 0.348. The van der Waals surface area contributed by atoms with Crippen LogP contribution in [0.2, 0.25) is 0 Å². The molecule has 0 aliphatic carbocycles.